The van der Waals surface area contributed by atoms with Gasteiger partial charge < -0.3 is 19.6 Å². The summed E-state index contributed by atoms with van der Waals surface area (Å²) in [6.45, 7) is -0.0382. The van der Waals surface area contributed by atoms with Crippen molar-refractivity contribution in [1.29, 1.82) is 0 Å². The summed E-state index contributed by atoms with van der Waals surface area (Å²) in [4.78, 5) is 52.0. The molecule has 8 nitrogen and oxygen atoms in total. The number of anilines is 2. The third kappa shape index (κ3) is 7.57. The maximum atomic E-state index is 14.1. The van der Waals surface area contributed by atoms with Crippen LogP contribution in [0.5, 0.6) is 0 Å². The molecule has 0 aromatic heterocycles. The lowest BCUT2D eigenvalue weighted by atomic mass is 10.1. The molecule has 0 aliphatic carbocycles. The molecule has 0 saturated heterocycles. The molecule has 2 aliphatic heterocycles. The number of thioether (sulfide) groups is 2. The van der Waals surface area contributed by atoms with E-state index in [2.05, 4.69) is 0 Å². The van der Waals surface area contributed by atoms with E-state index in [0.717, 1.165) is 9.79 Å². The van der Waals surface area contributed by atoms with Crippen molar-refractivity contribution in [1.82, 2.24) is 0 Å². The number of halogens is 4. The first-order valence-corrected chi connectivity index (χ1v) is 16.5. The highest BCUT2D eigenvalue weighted by Crippen LogP contribution is 2.39. The first kappa shape index (κ1) is 34.2. The first-order chi connectivity index (χ1) is 22.5. The van der Waals surface area contributed by atoms with E-state index in [1.165, 1.54) is 76.8 Å². The van der Waals surface area contributed by atoms with Crippen LogP contribution in [0, 0.1) is 11.6 Å². The number of carbonyl (C=O) groups is 4. The van der Waals surface area contributed by atoms with Crippen LogP contribution in [0.4, 0.5) is 20.2 Å². The highest BCUT2D eigenvalue weighted by atomic mass is 35.5. The summed E-state index contributed by atoms with van der Waals surface area (Å²) in [5.41, 5.74) is 1.87. The van der Waals surface area contributed by atoms with Gasteiger partial charge in [0.25, 0.3) is 0 Å². The lowest BCUT2D eigenvalue weighted by molar-refractivity contribution is -0.117. The lowest BCUT2D eigenvalue weighted by Crippen LogP contribution is -2.35. The smallest absolute Gasteiger partial charge is 0.337 e. The molecule has 2 amide bonds. The minimum absolute atomic E-state index is 0.00251. The van der Waals surface area contributed by atoms with Gasteiger partial charge in [-0.15, -0.1) is 23.5 Å². The van der Waals surface area contributed by atoms with Crippen LogP contribution >= 0.6 is 46.7 Å². The highest BCUT2D eigenvalue weighted by molar-refractivity contribution is 8.00. The summed E-state index contributed by atoms with van der Waals surface area (Å²) < 4.78 is 32.8. The third-order valence-electron chi connectivity index (χ3n) is 7.23. The molecular weight excluding hydrogens is 693 g/mol. The second-order valence-electron chi connectivity index (χ2n) is 10.1. The molecule has 0 radical (unpaired) electrons. The molecule has 2 heterocycles. The van der Waals surface area contributed by atoms with Crippen molar-refractivity contribution >= 4 is 81.9 Å². The van der Waals surface area contributed by atoms with Crippen LogP contribution in [0.2, 0.25) is 10.0 Å². The molecule has 242 valence electrons. The number of hydrogen-bond donors (Lipinski definition) is 1. The van der Waals surface area contributed by atoms with Crippen molar-refractivity contribution in [3.05, 3.63) is 117 Å². The van der Waals surface area contributed by atoms with E-state index in [1.807, 2.05) is 0 Å². The maximum Gasteiger partial charge on any atom is 0.337 e. The quantitative estimate of drug-likeness (QED) is 0.202. The standard InChI is InChI=1S/C17H13ClFNO3S.C16H11ClFNO3S/c1-23-17(22)10-5-6-15-14(7-10)20(16(21)9-24-15)8-11-12(18)3-2-4-13(11)19;17-11-2-1-3-12(18)10(11)7-19-13-6-9(16(21)22)4-5-14(13)23-8-15(19)20/h2-7H,8-9H2,1H3;1-6H,7-8H2,(H,21,22). The van der Waals surface area contributed by atoms with Crippen LogP contribution in [0.15, 0.2) is 82.6 Å². The molecule has 0 atom stereocenters. The number of methoxy groups -OCH3 is 1. The average molecular weight is 718 g/mol. The Balaban J connectivity index is 0.000000185. The number of hydrogen-bond acceptors (Lipinski definition) is 7. The number of carboxylic acid groups (broad SMARTS) is 1. The minimum Gasteiger partial charge on any atom is -0.478 e. The fourth-order valence-corrected chi connectivity index (χ4v) is 7.09. The van der Waals surface area contributed by atoms with Crippen LogP contribution in [-0.4, -0.2) is 47.5 Å². The predicted molar refractivity (Wildman–Crippen MR) is 178 cm³/mol. The Kier molecular flexibility index (Phi) is 10.8. The third-order valence-corrected chi connectivity index (χ3v) is 10.0. The zero-order valence-electron chi connectivity index (χ0n) is 24.5. The van der Waals surface area contributed by atoms with Crippen molar-refractivity contribution in [3.63, 3.8) is 0 Å². The molecule has 0 bridgehead atoms. The number of carboxylic acids is 1. The van der Waals surface area contributed by atoms with Crippen LogP contribution in [-0.2, 0) is 27.4 Å². The van der Waals surface area contributed by atoms with Crippen LogP contribution in [0.1, 0.15) is 31.8 Å². The number of amides is 2. The minimum atomic E-state index is -1.08. The van der Waals surface area contributed by atoms with Gasteiger partial charge in [0.05, 0.1) is 54.2 Å². The molecule has 6 rings (SSSR count). The van der Waals surface area contributed by atoms with Gasteiger partial charge in [-0.2, -0.15) is 0 Å². The Morgan fingerprint density at radius 1 is 0.766 bits per heavy atom. The number of aromatic carboxylic acids is 1. The van der Waals surface area contributed by atoms with E-state index < -0.39 is 23.6 Å². The van der Waals surface area contributed by atoms with Crippen LogP contribution in [0.25, 0.3) is 0 Å². The van der Waals surface area contributed by atoms with Gasteiger partial charge in [0, 0.05) is 31.0 Å². The summed E-state index contributed by atoms with van der Waals surface area (Å²) in [6, 6.07) is 18.3. The van der Waals surface area contributed by atoms with E-state index in [0.29, 0.717) is 16.9 Å². The van der Waals surface area contributed by atoms with Gasteiger partial charge >= 0.3 is 11.9 Å². The number of fused-ring (bicyclic) bond motifs is 2. The molecule has 14 heteroatoms. The molecule has 0 spiro atoms. The normalized spacial score (nSPS) is 13.7. The van der Waals surface area contributed by atoms with E-state index in [9.17, 15) is 28.0 Å². The number of nitrogens with zero attached hydrogens (tertiary/aromatic N) is 2. The highest BCUT2D eigenvalue weighted by Gasteiger charge is 2.29. The molecule has 2 aliphatic rings. The SMILES string of the molecule is COC(=O)c1ccc2c(c1)N(Cc1c(F)cccc1Cl)C(=O)CS2.O=C(O)c1ccc2c(c1)N(Cc1c(F)cccc1Cl)C(=O)CS2. The van der Waals surface area contributed by atoms with Crippen molar-refractivity contribution < 1.29 is 37.8 Å². The second kappa shape index (κ2) is 14.8. The molecule has 0 unspecified atom stereocenters. The number of benzene rings is 4. The van der Waals surface area contributed by atoms with Crippen molar-refractivity contribution in [2.24, 2.45) is 0 Å². The van der Waals surface area contributed by atoms with Gasteiger partial charge in [0.2, 0.25) is 11.8 Å². The average Bonchev–Trinajstić information content (AvgIpc) is 3.05. The summed E-state index contributed by atoms with van der Waals surface area (Å²) in [7, 11) is 1.29. The summed E-state index contributed by atoms with van der Waals surface area (Å²) >= 11 is 14.8. The number of esters is 1. The summed E-state index contributed by atoms with van der Waals surface area (Å²) in [5, 5.41) is 9.61. The van der Waals surface area contributed by atoms with Gasteiger partial charge in [-0.25, -0.2) is 18.4 Å². The Labute approximate surface area is 286 Å². The van der Waals surface area contributed by atoms with Gasteiger partial charge in [-0.3, -0.25) is 9.59 Å². The topological polar surface area (TPSA) is 104 Å². The predicted octanol–water partition coefficient (Wildman–Crippen LogP) is 7.72. The van der Waals surface area contributed by atoms with Crippen LogP contribution < -0.4 is 9.80 Å². The second-order valence-corrected chi connectivity index (χ2v) is 12.9. The maximum absolute atomic E-state index is 14.1. The number of carbonyl (C=O) groups excluding carboxylic acids is 3. The Morgan fingerprint density at radius 2 is 1.21 bits per heavy atom. The Bertz CT molecular complexity index is 1870. The fraction of sp³-hybridized carbons (Fsp3) is 0.152. The number of ether oxygens (including phenoxy) is 1. The molecule has 4 aromatic rings. The monoisotopic (exact) mass is 716 g/mol. The Hall–Kier alpha value is -4.10. The van der Waals surface area contributed by atoms with Crippen molar-refractivity contribution in [3.8, 4) is 0 Å². The van der Waals surface area contributed by atoms with Gasteiger partial charge in [-0.05, 0) is 60.7 Å². The molecule has 0 saturated carbocycles. The zero-order chi connectivity index (χ0) is 33.8. The van der Waals surface area contributed by atoms with Crippen molar-refractivity contribution in [2.75, 3.05) is 28.4 Å². The molecule has 1 N–H and O–H groups in total. The van der Waals surface area contributed by atoms with E-state index in [1.54, 1.807) is 36.4 Å². The molecule has 47 heavy (non-hydrogen) atoms. The van der Waals surface area contributed by atoms with Gasteiger partial charge in [0.15, 0.2) is 0 Å². The number of rotatable bonds is 6. The lowest BCUT2D eigenvalue weighted by Gasteiger charge is -2.29. The van der Waals surface area contributed by atoms with Gasteiger partial charge in [0.1, 0.15) is 11.6 Å². The molecular formula is C33H24Cl2F2N2O6S2. The molecule has 4 aromatic carbocycles. The zero-order valence-corrected chi connectivity index (χ0v) is 27.6. The van der Waals surface area contributed by atoms with E-state index >= 15 is 0 Å². The molecule has 0 fully saturated rings. The summed E-state index contributed by atoms with van der Waals surface area (Å²) in [5.74, 6) is -2.48. The Morgan fingerprint density at radius 3 is 1.64 bits per heavy atom. The summed E-state index contributed by atoms with van der Waals surface area (Å²) in [6.07, 6.45) is 0. The fourth-order valence-electron chi connectivity index (χ4n) is 4.81. The van der Waals surface area contributed by atoms with E-state index in [4.69, 9.17) is 33.0 Å². The largest absolute Gasteiger partial charge is 0.478 e. The first-order valence-electron chi connectivity index (χ1n) is 13.8. The van der Waals surface area contributed by atoms with Crippen LogP contribution in [0.3, 0.4) is 0 Å². The van der Waals surface area contributed by atoms with Crippen molar-refractivity contribution in [2.45, 2.75) is 22.9 Å². The van der Waals surface area contributed by atoms with E-state index in [-0.39, 0.29) is 63.1 Å². The van der Waals surface area contributed by atoms with Gasteiger partial charge in [-0.1, -0.05) is 35.3 Å².